The highest BCUT2D eigenvalue weighted by Gasteiger charge is 2.31. The third-order valence-corrected chi connectivity index (χ3v) is 3.24. The average Bonchev–Trinajstić information content (AvgIpc) is 2.33. The lowest BCUT2D eigenvalue weighted by atomic mass is 10.1. The van der Waals surface area contributed by atoms with E-state index in [-0.39, 0.29) is 5.92 Å². The summed E-state index contributed by atoms with van der Waals surface area (Å²) in [5.74, 6) is -0.688. The van der Waals surface area contributed by atoms with Gasteiger partial charge < -0.3 is 5.11 Å². The first-order chi connectivity index (χ1) is 4.75. The van der Waals surface area contributed by atoms with Crippen molar-refractivity contribution in [2.75, 3.05) is 6.26 Å². The molecule has 58 valence electrons. The Morgan fingerprint density at radius 2 is 2.30 bits per heavy atom. The second-order valence-corrected chi connectivity index (χ2v) is 3.73. The van der Waals surface area contributed by atoms with E-state index >= 15 is 0 Å². The Morgan fingerprint density at radius 1 is 1.60 bits per heavy atom. The minimum Gasteiger partial charge on any atom is -0.481 e. The van der Waals surface area contributed by atoms with Crippen LogP contribution in [0, 0.1) is 5.92 Å². The van der Waals surface area contributed by atoms with E-state index in [1.165, 1.54) is 0 Å². The summed E-state index contributed by atoms with van der Waals surface area (Å²) >= 11 is 1.69. The molecule has 10 heavy (non-hydrogen) atoms. The van der Waals surface area contributed by atoms with Crippen molar-refractivity contribution in [1.29, 1.82) is 0 Å². The number of rotatable bonds is 2. The SMILES string of the molecule is CS[C@@H]1CCC[C@H]1C(=O)O. The molecule has 0 amide bonds. The second kappa shape index (κ2) is 3.28. The van der Waals surface area contributed by atoms with Crippen molar-refractivity contribution in [1.82, 2.24) is 0 Å². The summed E-state index contributed by atoms with van der Waals surface area (Å²) in [5.41, 5.74) is 0. The van der Waals surface area contributed by atoms with Crippen molar-refractivity contribution < 1.29 is 9.90 Å². The van der Waals surface area contributed by atoms with Crippen LogP contribution in [0.2, 0.25) is 0 Å². The third-order valence-electron chi connectivity index (χ3n) is 2.07. The summed E-state index contributed by atoms with van der Waals surface area (Å²) < 4.78 is 0. The molecule has 0 aromatic rings. The first kappa shape index (κ1) is 7.92. The largest absolute Gasteiger partial charge is 0.481 e. The van der Waals surface area contributed by atoms with Crippen molar-refractivity contribution in [3.63, 3.8) is 0 Å². The van der Waals surface area contributed by atoms with E-state index in [0.717, 1.165) is 19.3 Å². The maximum absolute atomic E-state index is 10.6. The van der Waals surface area contributed by atoms with Crippen molar-refractivity contribution in [2.24, 2.45) is 5.92 Å². The summed E-state index contributed by atoms with van der Waals surface area (Å²) in [6.45, 7) is 0. The minimum absolute atomic E-state index is 0.0741. The molecule has 1 aliphatic rings. The fraction of sp³-hybridized carbons (Fsp3) is 0.857. The Morgan fingerprint density at radius 3 is 2.70 bits per heavy atom. The predicted molar refractivity (Wildman–Crippen MR) is 42.3 cm³/mol. The monoisotopic (exact) mass is 160 g/mol. The third kappa shape index (κ3) is 1.45. The molecule has 0 heterocycles. The van der Waals surface area contributed by atoms with Crippen LogP contribution in [-0.2, 0) is 4.79 Å². The molecule has 0 saturated heterocycles. The van der Waals surface area contributed by atoms with Crippen LogP contribution in [-0.4, -0.2) is 22.6 Å². The lowest BCUT2D eigenvalue weighted by Crippen LogP contribution is -2.19. The molecule has 0 unspecified atom stereocenters. The van der Waals surface area contributed by atoms with Crippen molar-refractivity contribution >= 4 is 17.7 Å². The van der Waals surface area contributed by atoms with Crippen LogP contribution in [0.3, 0.4) is 0 Å². The number of aliphatic carboxylic acids is 1. The predicted octanol–water partition coefficient (Wildman–Crippen LogP) is 1.60. The molecule has 0 aromatic heterocycles. The second-order valence-electron chi connectivity index (χ2n) is 2.65. The number of carboxylic acid groups (broad SMARTS) is 1. The van der Waals surface area contributed by atoms with Gasteiger partial charge in [-0.2, -0.15) is 11.8 Å². The molecular weight excluding hydrogens is 148 g/mol. The van der Waals surface area contributed by atoms with E-state index in [1.807, 2.05) is 6.26 Å². The van der Waals surface area contributed by atoms with E-state index in [4.69, 9.17) is 5.11 Å². The first-order valence-corrected chi connectivity index (χ1v) is 4.80. The zero-order valence-corrected chi connectivity index (χ0v) is 6.86. The number of carbonyl (C=O) groups is 1. The highest BCUT2D eigenvalue weighted by atomic mass is 32.2. The number of hydrogen-bond donors (Lipinski definition) is 1. The van der Waals surface area contributed by atoms with Crippen molar-refractivity contribution in [3.8, 4) is 0 Å². The van der Waals surface area contributed by atoms with Crippen LogP contribution in [0.5, 0.6) is 0 Å². The Kier molecular flexibility index (Phi) is 2.60. The van der Waals surface area contributed by atoms with Crippen LogP contribution in [0.4, 0.5) is 0 Å². The smallest absolute Gasteiger partial charge is 0.307 e. The zero-order chi connectivity index (χ0) is 7.56. The number of hydrogen-bond acceptors (Lipinski definition) is 2. The summed E-state index contributed by atoms with van der Waals surface area (Å²) in [4.78, 5) is 10.6. The lowest BCUT2D eigenvalue weighted by Gasteiger charge is -2.11. The molecule has 0 bridgehead atoms. The summed E-state index contributed by atoms with van der Waals surface area (Å²) in [7, 11) is 0. The topological polar surface area (TPSA) is 37.3 Å². The van der Waals surface area contributed by atoms with Gasteiger partial charge in [-0.3, -0.25) is 4.79 Å². The van der Waals surface area contributed by atoms with Gasteiger partial charge in [0.1, 0.15) is 0 Å². The Bertz CT molecular complexity index is 136. The van der Waals surface area contributed by atoms with E-state index < -0.39 is 5.97 Å². The fourth-order valence-electron chi connectivity index (χ4n) is 1.49. The molecule has 1 saturated carbocycles. The van der Waals surface area contributed by atoms with Gasteiger partial charge in [-0.15, -0.1) is 0 Å². The molecule has 0 aliphatic heterocycles. The number of thioether (sulfide) groups is 1. The van der Waals surface area contributed by atoms with Gasteiger partial charge >= 0.3 is 5.97 Å². The van der Waals surface area contributed by atoms with E-state index in [1.54, 1.807) is 11.8 Å². The van der Waals surface area contributed by atoms with Gasteiger partial charge in [0, 0.05) is 5.25 Å². The highest BCUT2D eigenvalue weighted by molar-refractivity contribution is 7.99. The van der Waals surface area contributed by atoms with Gasteiger partial charge in [-0.25, -0.2) is 0 Å². The lowest BCUT2D eigenvalue weighted by molar-refractivity contribution is -0.141. The van der Waals surface area contributed by atoms with Gasteiger partial charge in [-0.1, -0.05) is 6.42 Å². The number of carboxylic acids is 1. The summed E-state index contributed by atoms with van der Waals surface area (Å²) in [5, 5.41) is 9.07. The van der Waals surface area contributed by atoms with E-state index in [0.29, 0.717) is 5.25 Å². The van der Waals surface area contributed by atoms with Crippen molar-refractivity contribution in [2.45, 2.75) is 24.5 Å². The first-order valence-electron chi connectivity index (χ1n) is 3.51. The average molecular weight is 160 g/mol. The van der Waals surface area contributed by atoms with Gasteiger partial charge in [0.05, 0.1) is 5.92 Å². The minimum atomic E-state index is -0.614. The molecule has 0 spiro atoms. The fourth-order valence-corrected chi connectivity index (χ4v) is 2.47. The van der Waals surface area contributed by atoms with Gasteiger partial charge in [-0.05, 0) is 19.1 Å². The molecule has 0 radical (unpaired) electrons. The molecule has 1 rings (SSSR count). The maximum Gasteiger partial charge on any atom is 0.307 e. The molecule has 1 fully saturated rings. The van der Waals surface area contributed by atoms with Crippen LogP contribution in [0.15, 0.2) is 0 Å². The van der Waals surface area contributed by atoms with Gasteiger partial charge in [0.25, 0.3) is 0 Å². The van der Waals surface area contributed by atoms with Crippen LogP contribution >= 0.6 is 11.8 Å². The molecule has 0 aromatic carbocycles. The van der Waals surface area contributed by atoms with Crippen LogP contribution in [0.1, 0.15) is 19.3 Å². The molecule has 1 aliphatic carbocycles. The molecule has 2 atom stereocenters. The highest BCUT2D eigenvalue weighted by Crippen LogP contribution is 2.33. The van der Waals surface area contributed by atoms with Gasteiger partial charge in [0.15, 0.2) is 0 Å². The molecule has 2 nitrogen and oxygen atoms in total. The van der Waals surface area contributed by atoms with Gasteiger partial charge in [0.2, 0.25) is 0 Å². The molecule has 3 heteroatoms. The van der Waals surface area contributed by atoms with E-state index in [9.17, 15) is 4.79 Å². The Hall–Kier alpha value is -0.180. The van der Waals surface area contributed by atoms with Crippen LogP contribution in [0.25, 0.3) is 0 Å². The normalized spacial score (nSPS) is 32.5. The Labute approximate surface area is 65.0 Å². The van der Waals surface area contributed by atoms with Crippen LogP contribution < -0.4 is 0 Å². The zero-order valence-electron chi connectivity index (χ0n) is 6.04. The summed E-state index contributed by atoms with van der Waals surface area (Å²) in [6, 6.07) is 0. The van der Waals surface area contributed by atoms with Crippen molar-refractivity contribution in [3.05, 3.63) is 0 Å². The summed E-state index contributed by atoms with van der Waals surface area (Å²) in [6.07, 6.45) is 5.04. The molecular formula is C7H12O2S. The van der Waals surface area contributed by atoms with E-state index in [2.05, 4.69) is 0 Å². The maximum atomic E-state index is 10.6. The standard InChI is InChI=1S/C7H12O2S/c1-10-6-4-2-3-5(6)7(8)9/h5-6H,2-4H2,1H3,(H,8,9)/t5-,6-/m1/s1. The quantitative estimate of drug-likeness (QED) is 0.666. The Balaban J connectivity index is 2.50. The molecule has 1 N–H and O–H groups in total.